The van der Waals surface area contributed by atoms with Crippen molar-refractivity contribution in [2.75, 3.05) is 13.6 Å². The molecule has 0 bridgehead atoms. The Hall–Kier alpha value is -1.42. The van der Waals surface area contributed by atoms with Crippen LogP contribution in [0.2, 0.25) is 0 Å². The fourth-order valence-electron chi connectivity index (χ4n) is 1.75. The van der Waals surface area contributed by atoms with Gasteiger partial charge in [-0.05, 0) is 30.6 Å². The summed E-state index contributed by atoms with van der Waals surface area (Å²) >= 11 is 5.19. The molecule has 0 radical (unpaired) electrons. The van der Waals surface area contributed by atoms with Gasteiger partial charge in [-0.25, -0.2) is 5.01 Å². The molecular formula is C14H21N3S. The van der Waals surface area contributed by atoms with Crippen LogP contribution in [0.4, 0.5) is 0 Å². The van der Waals surface area contributed by atoms with E-state index in [0.717, 1.165) is 25.1 Å². The molecule has 1 aliphatic heterocycles. The lowest BCUT2D eigenvalue weighted by Crippen LogP contribution is -2.37. The van der Waals surface area contributed by atoms with Gasteiger partial charge < -0.3 is 5.32 Å². The van der Waals surface area contributed by atoms with E-state index < -0.39 is 0 Å². The molecule has 1 heterocycles. The third-order valence-electron chi connectivity index (χ3n) is 2.58. The largest absolute Gasteiger partial charge is 0.364 e. The molecule has 0 amide bonds. The van der Waals surface area contributed by atoms with E-state index in [-0.39, 0.29) is 0 Å². The van der Waals surface area contributed by atoms with Gasteiger partial charge in [-0.3, -0.25) is 0 Å². The van der Waals surface area contributed by atoms with E-state index in [1.165, 1.54) is 5.56 Å². The Kier molecular flexibility index (Phi) is 6.36. The molecular weight excluding hydrogens is 242 g/mol. The number of rotatable bonds is 1. The van der Waals surface area contributed by atoms with Crippen molar-refractivity contribution < 1.29 is 0 Å². The van der Waals surface area contributed by atoms with Crippen LogP contribution in [0, 0.1) is 0 Å². The van der Waals surface area contributed by atoms with Gasteiger partial charge >= 0.3 is 0 Å². The third-order valence-corrected chi connectivity index (χ3v) is 3.00. The van der Waals surface area contributed by atoms with Crippen molar-refractivity contribution in [3.63, 3.8) is 0 Å². The summed E-state index contributed by atoms with van der Waals surface area (Å²) in [5, 5.41) is 10.1. The molecule has 1 N–H and O–H groups in total. The van der Waals surface area contributed by atoms with Crippen molar-refractivity contribution >= 4 is 23.0 Å². The molecule has 0 aromatic heterocycles. The monoisotopic (exact) mass is 263 g/mol. The summed E-state index contributed by atoms with van der Waals surface area (Å²) in [5.41, 5.74) is 2.30. The van der Waals surface area contributed by atoms with Crippen LogP contribution in [0.25, 0.3) is 0 Å². The predicted molar refractivity (Wildman–Crippen MR) is 81.9 cm³/mol. The summed E-state index contributed by atoms with van der Waals surface area (Å²) < 4.78 is 0. The van der Waals surface area contributed by atoms with Crippen LogP contribution in [-0.2, 0) is 0 Å². The first-order valence-corrected chi connectivity index (χ1v) is 6.84. The lowest BCUT2D eigenvalue weighted by atomic mass is 10.0. The molecule has 0 unspecified atom stereocenters. The van der Waals surface area contributed by atoms with Gasteiger partial charge in [0.15, 0.2) is 5.11 Å². The highest BCUT2D eigenvalue weighted by Gasteiger charge is 2.15. The van der Waals surface area contributed by atoms with Crippen molar-refractivity contribution in [2.45, 2.75) is 26.7 Å². The Bertz CT molecular complexity index is 401. The van der Waals surface area contributed by atoms with Gasteiger partial charge in [-0.2, -0.15) is 5.10 Å². The van der Waals surface area contributed by atoms with E-state index in [1.54, 1.807) is 0 Å². The van der Waals surface area contributed by atoms with Gasteiger partial charge in [-0.15, -0.1) is 0 Å². The van der Waals surface area contributed by atoms with Crippen molar-refractivity contribution in [1.82, 2.24) is 10.3 Å². The van der Waals surface area contributed by atoms with Gasteiger partial charge in [0.25, 0.3) is 0 Å². The molecule has 4 heteroatoms. The van der Waals surface area contributed by atoms with E-state index >= 15 is 0 Å². The number of thiocarbonyl (C=S) groups is 1. The minimum Gasteiger partial charge on any atom is -0.364 e. The maximum Gasteiger partial charge on any atom is 0.189 e. The Balaban J connectivity index is 0.000000771. The maximum atomic E-state index is 5.19. The SMILES string of the molecule is CC.CNC(=S)N1CCCC(c2ccccc2)=N1. The van der Waals surface area contributed by atoms with Gasteiger partial charge in [0.1, 0.15) is 0 Å². The van der Waals surface area contributed by atoms with Crippen LogP contribution >= 0.6 is 12.2 Å². The fourth-order valence-corrected chi connectivity index (χ4v) is 1.88. The molecule has 0 spiro atoms. The second-order valence-electron chi connectivity index (χ2n) is 3.69. The van der Waals surface area contributed by atoms with Crippen LogP contribution in [0.1, 0.15) is 32.3 Å². The molecule has 0 atom stereocenters. The molecule has 18 heavy (non-hydrogen) atoms. The molecule has 98 valence electrons. The van der Waals surface area contributed by atoms with Crippen LogP contribution in [0.5, 0.6) is 0 Å². The van der Waals surface area contributed by atoms with Crippen molar-refractivity contribution in [3.05, 3.63) is 35.9 Å². The smallest absolute Gasteiger partial charge is 0.189 e. The van der Waals surface area contributed by atoms with E-state index in [4.69, 9.17) is 12.2 Å². The minimum atomic E-state index is 0.688. The topological polar surface area (TPSA) is 27.6 Å². The van der Waals surface area contributed by atoms with E-state index in [2.05, 4.69) is 22.6 Å². The van der Waals surface area contributed by atoms with E-state index in [0.29, 0.717) is 5.11 Å². The lowest BCUT2D eigenvalue weighted by molar-refractivity contribution is 0.414. The molecule has 0 saturated carbocycles. The van der Waals surface area contributed by atoms with Crippen LogP contribution in [-0.4, -0.2) is 29.4 Å². The first kappa shape index (κ1) is 14.6. The Morgan fingerprint density at radius 2 is 1.94 bits per heavy atom. The first-order chi connectivity index (χ1) is 8.81. The zero-order chi connectivity index (χ0) is 13.4. The number of hydrazone groups is 1. The molecule has 1 aromatic carbocycles. The Morgan fingerprint density at radius 3 is 2.56 bits per heavy atom. The number of hydrogen-bond acceptors (Lipinski definition) is 2. The molecule has 1 aromatic rings. The standard InChI is InChI=1S/C12H15N3S.C2H6/c1-13-12(16)15-9-5-8-11(14-15)10-6-3-2-4-7-10;1-2/h2-4,6-7H,5,8-9H2,1H3,(H,13,16);1-2H3. The maximum absolute atomic E-state index is 5.19. The van der Waals surface area contributed by atoms with E-state index in [1.807, 2.05) is 44.1 Å². The summed E-state index contributed by atoms with van der Waals surface area (Å²) in [6, 6.07) is 10.3. The summed E-state index contributed by atoms with van der Waals surface area (Å²) in [6.45, 7) is 4.90. The van der Waals surface area contributed by atoms with Crippen molar-refractivity contribution in [2.24, 2.45) is 5.10 Å². The summed E-state index contributed by atoms with van der Waals surface area (Å²) in [6.07, 6.45) is 2.11. The van der Waals surface area contributed by atoms with E-state index in [9.17, 15) is 0 Å². The summed E-state index contributed by atoms with van der Waals surface area (Å²) in [5.74, 6) is 0. The highest BCUT2D eigenvalue weighted by Crippen LogP contribution is 2.13. The summed E-state index contributed by atoms with van der Waals surface area (Å²) in [4.78, 5) is 0. The highest BCUT2D eigenvalue weighted by atomic mass is 32.1. The molecule has 0 aliphatic carbocycles. The van der Waals surface area contributed by atoms with Gasteiger partial charge in [0.2, 0.25) is 0 Å². The highest BCUT2D eigenvalue weighted by molar-refractivity contribution is 7.80. The average Bonchev–Trinajstić information content (AvgIpc) is 2.49. The Labute approximate surface area is 115 Å². The average molecular weight is 263 g/mol. The number of nitrogens with zero attached hydrogens (tertiary/aromatic N) is 2. The Morgan fingerprint density at radius 1 is 1.28 bits per heavy atom. The van der Waals surface area contributed by atoms with Crippen molar-refractivity contribution in [3.8, 4) is 0 Å². The quantitative estimate of drug-likeness (QED) is 0.789. The molecule has 3 nitrogen and oxygen atoms in total. The van der Waals surface area contributed by atoms with Crippen LogP contribution < -0.4 is 5.32 Å². The second kappa shape index (κ2) is 7.82. The van der Waals surface area contributed by atoms with Gasteiger partial charge in [-0.1, -0.05) is 44.2 Å². The predicted octanol–water partition coefficient (Wildman–Crippen LogP) is 3.02. The minimum absolute atomic E-state index is 0.688. The second-order valence-corrected chi connectivity index (χ2v) is 4.08. The molecule has 0 saturated heterocycles. The number of nitrogens with one attached hydrogen (secondary N) is 1. The van der Waals surface area contributed by atoms with Gasteiger partial charge in [0.05, 0.1) is 5.71 Å². The van der Waals surface area contributed by atoms with Gasteiger partial charge in [0, 0.05) is 13.6 Å². The van der Waals surface area contributed by atoms with Crippen molar-refractivity contribution in [1.29, 1.82) is 0 Å². The summed E-state index contributed by atoms with van der Waals surface area (Å²) in [7, 11) is 1.83. The molecule has 0 fully saturated rings. The molecule has 2 rings (SSSR count). The zero-order valence-corrected chi connectivity index (χ0v) is 12.1. The lowest BCUT2D eigenvalue weighted by Gasteiger charge is -2.25. The normalized spacial score (nSPS) is 14.2. The van der Waals surface area contributed by atoms with Crippen LogP contribution in [0.3, 0.4) is 0 Å². The third kappa shape index (κ3) is 3.81. The number of benzene rings is 1. The zero-order valence-electron chi connectivity index (χ0n) is 11.3. The molecule has 1 aliphatic rings. The first-order valence-electron chi connectivity index (χ1n) is 6.43. The fraction of sp³-hybridized carbons (Fsp3) is 0.429. The van der Waals surface area contributed by atoms with Crippen LogP contribution in [0.15, 0.2) is 35.4 Å². The number of hydrogen-bond donors (Lipinski definition) is 1.